The highest BCUT2D eigenvalue weighted by atomic mass is 32.1. The second kappa shape index (κ2) is 7.62. The van der Waals surface area contributed by atoms with Crippen molar-refractivity contribution in [1.29, 1.82) is 0 Å². The maximum absolute atomic E-state index is 13.5. The van der Waals surface area contributed by atoms with Gasteiger partial charge in [-0.1, -0.05) is 0 Å². The van der Waals surface area contributed by atoms with Crippen molar-refractivity contribution in [2.75, 3.05) is 33.8 Å². The van der Waals surface area contributed by atoms with Crippen molar-refractivity contribution in [2.24, 2.45) is 7.05 Å². The molecule has 3 aromatic rings. The number of likely N-dealkylation sites (N-methyl/N-ethyl adjacent to an activating group) is 1. The van der Waals surface area contributed by atoms with Crippen LogP contribution in [0, 0.1) is 6.92 Å². The Morgan fingerprint density at radius 1 is 1.39 bits per heavy atom. The number of thiazole rings is 1. The van der Waals surface area contributed by atoms with Gasteiger partial charge in [-0.3, -0.25) is 9.48 Å². The first-order chi connectivity index (χ1) is 13.4. The largest absolute Gasteiger partial charge is 0.373 e. The summed E-state index contributed by atoms with van der Waals surface area (Å²) in [6.45, 7) is 3.81. The summed E-state index contributed by atoms with van der Waals surface area (Å²) in [5, 5.41) is 5.32. The first-order valence-corrected chi connectivity index (χ1v) is 10.2. The third-order valence-corrected chi connectivity index (χ3v) is 5.90. The SMILES string of the molecule is Cc1nc2ccc(C(=O)N3CCO[C@@H](CN(C)C)[C@@H]3c3cnn(C)c3)cc2s1. The average Bonchev–Trinajstić information content (AvgIpc) is 3.24. The number of aryl methyl sites for hydroxylation is 2. The van der Waals surface area contributed by atoms with Gasteiger partial charge in [0.2, 0.25) is 0 Å². The standard InChI is InChI=1S/C20H25N5O2S/c1-13-22-16-6-5-14(9-18(16)28-13)20(26)25-7-8-27-17(12-23(2)3)19(25)15-10-21-24(4)11-15/h5-6,9-11,17,19H,7-8,12H2,1-4H3/t17-,19-/m0/s1. The van der Waals surface area contributed by atoms with Crippen LogP contribution in [0.3, 0.4) is 0 Å². The Morgan fingerprint density at radius 3 is 2.93 bits per heavy atom. The van der Waals surface area contributed by atoms with Gasteiger partial charge in [0.05, 0.1) is 40.2 Å². The topological polar surface area (TPSA) is 63.5 Å². The molecule has 0 aliphatic carbocycles. The van der Waals surface area contributed by atoms with E-state index in [9.17, 15) is 4.79 Å². The molecule has 2 aromatic heterocycles. The summed E-state index contributed by atoms with van der Waals surface area (Å²) in [6.07, 6.45) is 3.70. The fourth-order valence-corrected chi connectivity index (χ4v) is 4.67. The Balaban J connectivity index is 1.70. The normalized spacial score (nSPS) is 20.2. The molecule has 1 aliphatic rings. The molecule has 28 heavy (non-hydrogen) atoms. The van der Waals surface area contributed by atoms with Crippen LogP contribution in [-0.2, 0) is 11.8 Å². The minimum Gasteiger partial charge on any atom is -0.373 e. The number of hydrogen-bond acceptors (Lipinski definition) is 6. The number of benzene rings is 1. The number of amides is 1. The van der Waals surface area contributed by atoms with Crippen molar-refractivity contribution in [3.63, 3.8) is 0 Å². The highest BCUT2D eigenvalue weighted by molar-refractivity contribution is 7.18. The summed E-state index contributed by atoms with van der Waals surface area (Å²) in [4.78, 5) is 22.0. The van der Waals surface area contributed by atoms with E-state index in [1.807, 2.05) is 63.6 Å². The molecule has 2 atom stereocenters. The van der Waals surface area contributed by atoms with Gasteiger partial charge in [-0.05, 0) is 39.2 Å². The van der Waals surface area contributed by atoms with Crippen LogP contribution < -0.4 is 0 Å². The fraction of sp³-hybridized carbons (Fsp3) is 0.450. The van der Waals surface area contributed by atoms with Crippen LogP contribution in [0.25, 0.3) is 10.2 Å². The zero-order valence-corrected chi connectivity index (χ0v) is 17.4. The Hall–Kier alpha value is -2.29. The lowest BCUT2D eigenvalue weighted by Gasteiger charge is -2.41. The summed E-state index contributed by atoms with van der Waals surface area (Å²) in [6, 6.07) is 5.60. The smallest absolute Gasteiger partial charge is 0.254 e. The molecule has 7 nitrogen and oxygen atoms in total. The molecular formula is C20H25N5O2S. The zero-order chi connectivity index (χ0) is 19.8. The lowest BCUT2D eigenvalue weighted by molar-refractivity contribution is -0.0684. The molecule has 0 radical (unpaired) electrons. The lowest BCUT2D eigenvalue weighted by Crippen LogP contribution is -2.51. The summed E-state index contributed by atoms with van der Waals surface area (Å²) in [7, 11) is 5.93. The van der Waals surface area contributed by atoms with Gasteiger partial charge in [0.25, 0.3) is 5.91 Å². The first kappa shape index (κ1) is 19.0. The quantitative estimate of drug-likeness (QED) is 0.674. The predicted octanol–water partition coefficient (Wildman–Crippen LogP) is 2.48. The molecule has 148 valence electrons. The molecule has 0 unspecified atom stereocenters. The van der Waals surface area contributed by atoms with Crippen molar-refractivity contribution in [3.05, 3.63) is 46.7 Å². The van der Waals surface area contributed by atoms with Gasteiger partial charge in [-0.2, -0.15) is 5.10 Å². The van der Waals surface area contributed by atoms with E-state index in [1.54, 1.807) is 16.0 Å². The van der Waals surface area contributed by atoms with Crippen LogP contribution in [0.2, 0.25) is 0 Å². The third kappa shape index (κ3) is 3.67. The van der Waals surface area contributed by atoms with E-state index in [2.05, 4.69) is 15.0 Å². The molecule has 1 aromatic carbocycles. The maximum Gasteiger partial charge on any atom is 0.254 e. The van der Waals surface area contributed by atoms with E-state index >= 15 is 0 Å². The van der Waals surface area contributed by atoms with Crippen LogP contribution in [0.1, 0.15) is 27.0 Å². The van der Waals surface area contributed by atoms with Crippen molar-refractivity contribution >= 4 is 27.5 Å². The Kier molecular flexibility index (Phi) is 5.18. The fourth-order valence-electron chi connectivity index (χ4n) is 3.80. The molecule has 4 rings (SSSR count). The Labute approximate surface area is 168 Å². The van der Waals surface area contributed by atoms with Crippen molar-refractivity contribution in [1.82, 2.24) is 24.6 Å². The average molecular weight is 400 g/mol. The summed E-state index contributed by atoms with van der Waals surface area (Å²) in [5.74, 6) is 0.0221. The molecule has 1 aliphatic heterocycles. The van der Waals surface area contributed by atoms with Crippen LogP contribution in [0.15, 0.2) is 30.6 Å². The lowest BCUT2D eigenvalue weighted by atomic mass is 9.99. The molecule has 1 fully saturated rings. The highest BCUT2D eigenvalue weighted by Gasteiger charge is 2.37. The van der Waals surface area contributed by atoms with Gasteiger partial charge in [-0.25, -0.2) is 4.98 Å². The number of hydrogen-bond donors (Lipinski definition) is 0. The van der Waals surface area contributed by atoms with Crippen molar-refractivity contribution < 1.29 is 9.53 Å². The van der Waals surface area contributed by atoms with E-state index in [0.29, 0.717) is 18.7 Å². The van der Waals surface area contributed by atoms with Gasteiger partial charge in [0.15, 0.2) is 0 Å². The predicted molar refractivity (Wildman–Crippen MR) is 110 cm³/mol. The number of morpholine rings is 1. The van der Waals surface area contributed by atoms with Crippen LogP contribution >= 0.6 is 11.3 Å². The molecule has 1 amide bonds. The number of rotatable bonds is 4. The number of nitrogens with zero attached hydrogens (tertiary/aromatic N) is 5. The van der Waals surface area contributed by atoms with E-state index < -0.39 is 0 Å². The minimum absolute atomic E-state index is 0.0221. The molecule has 0 saturated carbocycles. The molecule has 3 heterocycles. The summed E-state index contributed by atoms with van der Waals surface area (Å²) >= 11 is 1.61. The molecule has 8 heteroatoms. The second-order valence-electron chi connectivity index (χ2n) is 7.48. The van der Waals surface area contributed by atoms with Gasteiger partial charge >= 0.3 is 0 Å². The van der Waals surface area contributed by atoms with Crippen LogP contribution in [-0.4, -0.2) is 70.4 Å². The summed E-state index contributed by atoms with van der Waals surface area (Å²) in [5.41, 5.74) is 2.63. The number of carbonyl (C=O) groups is 1. The number of ether oxygens (including phenoxy) is 1. The summed E-state index contributed by atoms with van der Waals surface area (Å²) < 4.78 is 8.88. The zero-order valence-electron chi connectivity index (χ0n) is 16.6. The molecular weight excluding hydrogens is 374 g/mol. The monoisotopic (exact) mass is 399 g/mol. The van der Waals surface area contributed by atoms with Gasteiger partial charge in [0, 0.05) is 37.5 Å². The molecule has 0 bridgehead atoms. The van der Waals surface area contributed by atoms with E-state index in [-0.39, 0.29) is 18.1 Å². The number of fused-ring (bicyclic) bond motifs is 1. The number of aromatic nitrogens is 3. The van der Waals surface area contributed by atoms with Crippen molar-refractivity contribution in [2.45, 2.75) is 19.1 Å². The van der Waals surface area contributed by atoms with Gasteiger partial charge in [-0.15, -0.1) is 11.3 Å². The maximum atomic E-state index is 13.5. The minimum atomic E-state index is -0.170. The van der Waals surface area contributed by atoms with Gasteiger partial charge in [0.1, 0.15) is 0 Å². The van der Waals surface area contributed by atoms with E-state index in [4.69, 9.17) is 4.74 Å². The Morgan fingerprint density at radius 2 is 2.21 bits per heavy atom. The second-order valence-corrected chi connectivity index (χ2v) is 8.71. The third-order valence-electron chi connectivity index (χ3n) is 4.97. The van der Waals surface area contributed by atoms with Crippen LogP contribution in [0.5, 0.6) is 0 Å². The van der Waals surface area contributed by atoms with Crippen molar-refractivity contribution in [3.8, 4) is 0 Å². The van der Waals surface area contributed by atoms with Crippen LogP contribution in [0.4, 0.5) is 0 Å². The van der Waals surface area contributed by atoms with E-state index in [0.717, 1.165) is 27.3 Å². The first-order valence-electron chi connectivity index (χ1n) is 9.35. The Bertz CT molecular complexity index is 996. The molecule has 0 N–H and O–H groups in total. The molecule has 0 spiro atoms. The highest BCUT2D eigenvalue weighted by Crippen LogP contribution is 2.32. The van der Waals surface area contributed by atoms with Gasteiger partial charge < -0.3 is 14.5 Å². The number of carbonyl (C=O) groups excluding carboxylic acids is 1. The molecule has 1 saturated heterocycles. The van der Waals surface area contributed by atoms with E-state index in [1.165, 1.54) is 0 Å².